The summed E-state index contributed by atoms with van der Waals surface area (Å²) in [6, 6.07) is 18.8. The summed E-state index contributed by atoms with van der Waals surface area (Å²) in [5.74, 6) is 0. The number of nitrogens with zero attached hydrogens (tertiary/aromatic N) is 2. The largest absolute Gasteiger partial charge is 0.344 e. The quantitative estimate of drug-likeness (QED) is 0.306. The average molecular weight is 486 g/mol. The van der Waals surface area contributed by atoms with E-state index in [9.17, 15) is 0 Å². The molecule has 4 rings (SSSR count). The number of benzene rings is 2. The van der Waals surface area contributed by atoms with E-state index in [0.29, 0.717) is 0 Å². The molecule has 3 N–H and O–H groups in total. The summed E-state index contributed by atoms with van der Waals surface area (Å²) in [7, 11) is 0. The Kier molecular flexibility index (Phi) is 7.26. The second-order valence-electron chi connectivity index (χ2n) is 5.87. The topological polar surface area (TPSA) is 60.8 Å². The van der Waals surface area contributed by atoms with Crippen molar-refractivity contribution in [2.24, 2.45) is 0 Å². The van der Waals surface area contributed by atoms with Crippen LogP contribution in [0.5, 0.6) is 0 Å². The van der Waals surface area contributed by atoms with Crippen molar-refractivity contribution in [3.8, 4) is 0 Å². The summed E-state index contributed by atoms with van der Waals surface area (Å²) in [6.07, 6.45) is 1.83. The van der Waals surface area contributed by atoms with Gasteiger partial charge in [0.15, 0.2) is 0 Å². The normalized spacial score (nSPS) is 11.4. The van der Waals surface area contributed by atoms with Crippen molar-refractivity contribution in [1.82, 2.24) is 16.1 Å². The average Bonchev–Trinajstić information content (AvgIpc) is 2.64. The van der Waals surface area contributed by atoms with Crippen LogP contribution in [0.15, 0.2) is 65.3 Å². The molecule has 141 valence electrons. The zero-order chi connectivity index (χ0) is 17.4. The second kappa shape index (κ2) is 9.05. The Balaban J connectivity index is 0.00000131. The molecule has 2 aromatic heterocycles. The summed E-state index contributed by atoms with van der Waals surface area (Å²) in [4.78, 5) is 9.49. The fraction of sp³-hybridized carbons (Fsp3) is 0.0952. The third-order valence-corrected chi connectivity index (χ3v) is 6.84. The monoisotopic (exact) mass is 484 g/mol. The molecule has 0 atom stereocenters. The maximum atomic E-state index is 4.94. The smallest absolute Gasteiger partial charge is 0.147 e. The number of hydrogen-bond donors (Lipinski definition) is 1. The number of aromatic nitrogens is 2. The van der Waals surface area contributed by atoms with Crippen LogP contribution in [0.3, 0.4) is 0 Å². The van der Waals surface area contributed by atoms with Gasteiger partial charge in [-0.3, -0.25) is 0 Å². The third-order valence-electron chi connectivity index (χ3n) is 4.13. The van der Waals surface area contributed by atoms with Crippen LogP contribution in [0.4, 0.5) is 0 Å². The van der Waals surface area contributed by atoms with Crippen molar-refractivity contribution >= 4 is 59.0 Å². The molecule has 0 bridgehead atoms. The molecule has 6 heteroatoms. The summed E-state index contributed by atoms with van der Waals surface area (Å²) in [5, 5.41) is 2.25. The standard InChI is InChI=1S/C14H10N2.C7H6Br.ClH.Fe.H3N/c1-2-12-8-7-11-6-5-10-4-3-9-15-13(10)14(11)16-12;1-6-3-2-4-7(8)5-6;;;/h3-9H,1H3;2-4H,1H3;1H;;1H3. The van der Waals surface area contributed by atoms with Gasteiger partial charge >= 0.3 is 161 Å². The van der Waals surface area contributed by atoms with Gasteiger partial charge in [0.2, 0.25) is 0 Å². The molecule has 0 amide bonds. The molecular formula is C21H20BrClFeN3. The zero-order valence-electron chi connectivity index (χ0n) is 15.0. The molecule has 2 heterocycles. The van der Waals surface area contributed by atoms with Gasteiger partial charge in [0.1, 0.15) is 0 Å². The molecule has 0 spiro atoms. The van der Waals surface area contributed by atoms with Crippen molar-refractivity contribution in [2.75, 3.05) is 0 Å². The van der Waals surface area contributed by atoms with Crippen LogP contribution >= 0.6 is 28.3 Å². The first-order chi connectivity index (χ1) is 12.1. The maximum Gasteiger partial charge on any atom is -0.147 e. The molecule has 0 unspecified atom stereocenters. The van der Waals surface area contributed by atoms with Crippen LogP contribution in [0.2, 0.25) is 0 Å². The predicted molar refractivity (Wildman–Crippen MR) is 118 cm³/mol. The molecule has 0 aliphatic carbocycles. The molecular weight excluding hydrogens is 465 g/mol. The van der Waals surface area contributed by atoms with Gasteiger partial charge in [-0.1, -0.05) is 0 Å². The number of hydrogen-bond acceptors (Lipinski definition) is 3. The van der Waals surface area contributed by atoms with Gasteiger partial charge in [0, 0.05) is 0 Å². The number of pyridine rings is 2. The van der Waals surface area contributed by atoms with E-state index in [1.165, 1.54) is 14.4 Å². The SMILES string of the molecule is C/[C](=[Fe]\[c]1c(C)cccc1Br)c1ccc2ccc3cccnc3c2n1.Cl.N. The van der Waals surface area contributed by atoms with E-state index in [1.807, 2.05) is 12.3 Å². The van der Waals surface area contributed by atoms with E-state index in [1.54, 1.807) is 0 Å². The van der Waals surface area contributed by atoms with Crippen molar-refractivity contribution in [3.05, 3.63) is 76.5 Å². The van der Waals surface area contributed by atoms with Gasteiger partial charge in [-0.05, 0) is 0 Å². The van der Waals surface area contributed by atoms with Gasteiger partial charge in [-0.15, -0.1) is 12.4 Å². The fourth-order valence-corrected chi connectivity index (χ4v) is 4.81. The van der Waals surface area contributed by atoms with E-state index < -0.39 is 0 Å². The summed E-state index contributed by atoms with van der Waals surface area (Å²) in [5.41, 5.74) is 4.26. The van der Waals surface area contributed by atoms with Crippen molar-refractivity contribution in [1.29, 1.82) is 0 Å². The van der Waals surface area contributed by atoms with E-state index in [2.05, 4.69) is 83.3 Å². The predicted octanol–water partition coefficient (Wildman–Crippen LogP) is 5.39. The van der Waals surface area contributed by atoms with Gasteiger partial charge < -0.3 is 6.15 Å². The fourth-order valence-electron chi connectivity index (χ4n) is 2.81. The van der Waals surface area contributed by atoms with Gasteiger partial charge in [-0.25, -0.2) is 0 Å². The van der Waals surface area contributed by atoms with Crippen LogP contribution in [0.25, 0.3) is 21.8 Å². The van der Waals surface area contributed by atoms with E-state index in [4.69, 9.17) is 4.98 Å². The molecule has 0 saturated carbocycles. The van der Waals surface area contributed by atoms with Crippen molar-refractivity contribution in [2.45, 2.75) is 13.8 Å². The van der Waals surface area contributed by atoms with Gasteiger partial charge in [0.05, 0.1) is 0 Å². The summed E-state index contributed by atoms with van der Waals surface area (Å²) < 4.78 is 3.72. The Labute approximate surface area is 179 Å². The Hall–Kier alpha value is -1.62. The minimum Gasteiger partial charge on any atom is -0.344 e. The zero-order valence-corrected chi connectivity index (χ0v) is 18.5. The maximum absolute atomic E-state index is 4.94. The van der Waals surface area contributed by atoms with E-state index in [-0.39, 0.29) is 18.6 Å². The summed E-state index contributed by atoms with van der Waals surface area (Å²) in [6.45, 7) is 4.31. The minimum absolute atomic E-state index is 0. The number of aryl methyl sites for hydroxylation is 1. The molecule has 0 aliphatic heterocycles. The molecule has 2 aromatic carbocycles. The molecule has 3 nitrogen and oxygen atoms in total. The van der Waals surface area contributed by atoms with Crippen LogP contribution in [0, 0.1) is 6.92 Å². The Morgan fingerprint density at radius 3 is 2.37 bits per heavy atom. The molecule has 0 saturated heterocycles. The van der Waals surface area contributed by atoms with Crippen LogP contribution in [-0.2, 0) is 14.5 Å². The molecule has 4 aromatic rings. The minimum atomic E-state index is 0. The molecule has 0 aliphatic rings. The van der Waals surface area contributed by atoms with Gasteiger partial charge in [0.25, 0.3) is 0 Å². The number of fused-ring (bicyclic) bond motifs is 3. The van der Waals surface area contributed by atoms with Crippen LogP contribution in [-0.4, -0.2) is 14.4 Å². The molecule has 27 heavy (non-hydrogen) atoms. The first-order valence-electron chi connectivity index (χ1n) is 7.99. The Bertz CT molecular complexity index is 1120. The van der Waals surface area contributed by atoms with Gasteiger partial charge in [-0.2, -0.15) is 0 Å². The van der Waals surface area contributed by atoms with E-state index in [0.717, 1.165) is 46.5 Å². The van der Waals surface area contributed by atoms with E-state index >= 15 is 0 Å². The number of rotatable bonds is 2. The van der Waals surface area contributed by atoms with Crippen LogP contribution < -0.4 is 10.6 Å². The Morgan fingerprint density at radius 2 is 1.63 bits per heavy atom. The van der Waals surface area contributed by atoms with Crippen LogP contribution in [0.1, 0.15) is 18.2 Å². The Morgan fingerprint density at radius 1 is 0.926 bits per heavy atom. The molecule has 0 fully saturated rings. The first kappa shape index (κ1) is 21.7. The first-order valence-corrected chi connectivity index (χ1v) is 9.89. The molecule has 0 radical (unpaired) electrons. The summed E-state index contributed by atoms with van der Waals surface area (Å²) >= 11 is 4.56. The van der Waals surface area contributed by atoms with Crippen molar-refractivity contribution < 1.29 is 14.5 Å². The third kappa shape index (κ3) is 4.29. The van der Waals surface area contributed by atoms with Crippen molar-refractivity contribution in [3.63, 3.8) is 0 Å². The number of halogens is 2. The second-order valence-corrected chi connectivity index (χ2v) is 8.38.